The molecule has 3 N–H and O–H groups in total. The summed E-state index contributed by atoms with van der Waals surface area (Å²) in [6, 6.07) is 9.52. The van der Waals surface area contributed by atoms with Crippen LogP contribution in [0.25, 0.3) is 0 Å². The van der Waals surface area contributed by atoms with Crippen LogP contribution < -0.4 is 16.0 Å². The van der Waals surface area contributed by atoms with Gasteiger partial charge in [-0.15, -0.1) is 0 Å². The number of hydrogen-bond donors (Lipinski definition) is 3. The number of aliphatic imine (C=N–C) groups is 1. The lowest BCUT2D eigenvalue weighted by molar-refractivity contribution is -0.137. The number of hydrogen-bond acceptors (Lipinski definition) is 5. The van der Waals surface area contributed by atoms with Crippen LogP contribution >= 0.6 is 11.6 Å². The van der Waals surface area contributed by atoms with Crippen molar-refractivity contribution in [2.24, 2.45) is 10.2 Å². The van der Waals surface area contributed by atoms with Crippen molar-refractivity contribution in [2.75, 3.05) is 20.3 Å². The molecule has 0 fully saturated rings. The topological polar surface area (TPSA) is 104 Å². The molecule has 2 aromatic carbocycles. The maximum atomic E-state index is 12.8. The molecular formula is C24H29ClF3N5O3. The smallest absolute Gasteiger partial charge is 0.380 e. The summed E-state index contributed by atoms with van der Waals surface area (Å²) in [5.74, 6) is -0.688. The Morgan fingerprint density at radius 1 is 1.08 bits per heavy atom. The first-order valence-corrected chi connectivity index (χ1v) is 11.6. The van der Waals surface area contributed by atoms with E-state index in [0.717, 1.165) is 24.3 Å². The van der Waals surface area contributed by atoms with Gasteiger partial charge in [0.1, 0.15) is 6.04 Å². The molecule has 2 aromatic rings. The third-order valence-electron chi connectivity index (χ3n) is 5.13. The standard InChI is InChI=1S/C24H29ClF3N5O3/c1-4-36-14-15(2)30-23(32-22(34)17-5-9-18(10-6-17)24(26,27)28)31-21(29-3)13-20(33-35)16-7-11-19(25)12-8-16/h5-12,15,20-21,29H,4,13-14H2,1-3H3,(H2,30,31,32,34)/t15-,20?,21?/m0/s1. The average molecular weight is 528 g/mol. The summed E-state index contributed by atoms with van der Waals surface area (Å²) < 4.78 is 43.9. The zero-order chi connectivity index (χ0) is 26.7. The van der Waals surface area contributed by atoms with Crippen molar-refractivity contribution >= 4 is 23.5 Å². The van der Waals surface area contributed by atoms with Gasteiger partial charge >= 0.3 is 6.18 Å². The van der Waals surface area contributed by atoms with Crippen LogP contribution in [0.1, 0.15) is 47.8 Å². The number of carbonyl (C=O) groups excluding carboxylic acids is 1. The van der Waals surface area contributed by atoms with E-state index in [-0.39, 0.29) is 24.0 Å². The van der Waals surface area contributed by atoms with Gasteiger partial charge in [0.15, 0.2) is 0 Å². The molecule has 0 saturated carbocycles. The highest BCUT2D eigenvalue weighted by molar-refractivity contribution is 6.30. The summed E-state index contributed by atoms with van der Waals surface area (Å²) in [6.45, 7) is 4.46. The second kappa shape index (κ2) is 13.9. The van der Waals surface area contributed by atoms with Gasteiger partial charge in [0.05, 0.1) is 18.3 Å². The van der Waals surface area contributed by atoms with Gasteiger partial charge in [-0.1, -0.05) is 28.9 Å². The molecule has 196 valence electrons. The van der Waals surface area contributed by atoms with Gasteiger partial charge in [0.2, 0.25) is 5.96 Å². The summed E-state index contributed by atoms with van der Waals surface area (Å²) in [4.78, 5) is 28.3. The van der Waals surface area contributed by atoms with E-state index in [9.17, 15) is 22.9 Å². The molecule has 1 amide bonds. The summed E-state index contributed by atoms with van der Waals surface area (Å²) in [5.41, 5.74) is -0.223. The Bertz CT molecular complexity index is 1020. The number of nitrogens with one attached hydrogen (secondary N) is 3. The molecule has 2 unspecified atom stereocenters. The number of nitrogens with zero attached hydrogens (tertiary/aromatic N) is 2. The van der Waals surface area contributed by atoms with Crippen LogP contribution in [0.2, 0.25) is 5.02 Å². The predicted octanol–water partition coefficient (Wildman–Crippen LogP) is 4.90. The maximum absolute atomic E-state index is 12.8. The van der Waals surface area contributed by atoms with E-state index in [1.165, 1.54) is 0 Å². The molecule has 0 bridgehead atoms. The maximum Gasteiger partial charge on any atom is 0.416 e. The normalized spacial score (nSPS) is 14.6. The van der Waals surface area contributed by atoms with E-state index in [0.29, 0.717) is 23.8 Å². The van der Waals surface area contributed by atoms with Gasteiger partial charge < -0.3 is 20.7 Å². The molecule has 36 heavy (non-hydrogen) atoms. The largest absolute Gasteiger partial charge is 0.416 e. The SMILES string of the molecule is CCOC[C@H](C)N/C(=N/C(=O)c1ccc(C(F)(F)F)cc1)NC(CC(N=O)c1ccc(Cl)cc1)NC. The lowest BCUT2D eigenvalue weighted by Crippen LogP contribution is -2.52. The van der Waals surface area contributed by atoms with Gasteiger partial charge in [0, 0.05) is 29.7 Å². The zero-order valence-corrected chi connectivity index (χ0v) is 20.9. The van der Waals surface area contributed by atoms with Gasteiger partial charge in [-0.05, 0) is 62.9 Å². The van der Waals surface area contributed by atoms with Crippen molar-refractivity contribution in [3.05, 3.63) is 75.2 Å². The molecule has 0 aliphatic rings. The van der Waals surface area contributed by atoms with E-state index in [1.807, 2.05) is 13.8 Å². The molecule has 0 spiro atoms. The summed E-state index contributed by atoms with van der Waals surface area (Å²) in [5, 5.41) is 12.8. The van der Waals surface area contributed by atoms with Gasteiger partial charge in [-0.3, -0.25) is 4.79 Å². The van der Waals surface area contributed by atoms with E-state index in [2.05, 4.69) is 26.1 Å². The fourth-order valence-corrected chi connectivity index (χ4v) is 3.33. The summed E-state index contributed by atoms with van der Waals surface area (Å²) in [7, 11) is 1.65. The summed E-state index contributed by atoms with van der Waals surface area (Å²) >= 11 is 5.92. The highest BCUT2D eigenvalue weighted by atomic mass is 35.5. The van der Waals surface area contributed by atoms with E-state index in [1.54, 1.807) is 31.3 Å². The van der Waals surface area contributed by atoms with Gasteiger partial charge in [0.25, 0.3) is 5.91 Å². The molecule has 0 saturated heterocycles. The van der Waals surface area contributed by atoms with E-state index >= 15 is 0 Å². The summed E-state index contributed by atoms with van der Waals surface area (Å²) in [6.07, 6.45) is -4.85. The minimum atomic E-state index is -4.51. The van der Waals surface area contributed by atoms with Crippen LogP contribution in [-0.2, 0) is 10.9 Å². The first-order valence-electron chi connectivity index (χ1n) is 11.2. The van der Waals surface area contributed by atoms with Crippen LogP contribution in [0.15, 0.2) is 58.7 Å². The number of alkyl halides is 3. The molecule has 0 aliphatic heterocycles. The fraction of sp³-hybridized carbons (Fsp3) is 0.417. The number of benzene rings is 2. The lowest BCUT2D eigenvalue weighted by Gasteiger charge is -2.25. The second-order valence-corrected chi connectivity index (χ2v) is 8.38. The van der Waals surface area contributed by atoms with Crippen molar-refractivity contribution in [3.63, 3.8) is 0 Å². The minimum absolute atomic E-state index is 0.0174. The molecular weight excluding hydrogens is 499 g/mol. The first kappa shape index (κ1) is 29.2. The van der Waals surface area contributed by atoms with Gasteiger partial charge in [-0.25, -0.2) is 0 Å². The van der Waals surface area contributed by atoms with E-state index < -0.39 is 29.9 Å². The molecule has 2 rings (SSSR count). The van der Waals surface area contributed by atoms with Crippen molar-refractivity contribution < 1.29 is 22.7 Å². The number of halogens is 4. The quantitative estimate of drug-likeness (QED) is 0.166. The van der Waals surface area contributed by atoms with Crippen molar-refractivity contribution in [1.82, 2.24) is 16.0 Å². The fourth-order valence-electron chi connectivity index (χ4n) is 3.21. The first-order chi connectivity index (χ1) is 17.1. The monoisotopic (exact) mass is 527 g/mol. The third-order valence-corrected chi connectivity index (χ3v) is 5.38. The molecule has 8 nitrogen and oxygen atoms in total. The molecule has 0 radical (unpaired) electrons. The highest BCUT2D eigenvalue weighted by Gasteiger charge is 2.30. The Morgan fingerprint density at radius 2 is 1.72 bits per heavy atom. The third kappa shape index (κ3) is 9.21. The van der Waals surface area contributed by atoms with Crippen LogP contribution in [-0.4, -0.2) is 44.3 Å². The number of ether oxygens (including phenoxy) is 1. The van der Waals surface area contributed by atoms with Crippen LogP contribution in [0.4, 0.5) is 13.2 Å². The van der Waals surface area contributed by atoms with Gasteiger partial charge in [-0.2, -0.15) is 23.1 Å². The zero-order valence-electron chi connectivity index (χ0n) is 20.1. The van der Waals surface area contributed by atoms with Crippen molar-refractivity contribution in [3.8, 4) is 0 Å². The Labute approximate surface area is 212 Å². The number of nitroso groups, excluding NO2 is 1. The van der Waals surface area contributed by atoms with Crippen LogP contribution in [0.3, 0.4) is 0 Å². The van der Waals surface area contributed by atoms with Crippen molar-refractivity contribution in [2.45, 2.75) is 44.7 Å². The van der Waals surface area contributed by atoms with Crippen LogP contribution in [0.5, 0.6) is 0 Å². The van der Waals surface area contributed by atoms with Crippen molar-refractivity contribution in [1.29, 1.82) is 0 Å². The average Bonchev–Trinajstić information content (AvgIpc) is 2.85. The van der Waals surface area contributed by atoms with Crippen LogP contribution in [0, 0.1) is 4.91 Å². The Kier molecular flexibility index (Phi) is 11.3. The Balaban J connectivity index is 2.24. The molecule has 12 heteroatoms. The minimum Gasteiger partial charge on any atom is -0.380 e. The Hall–Kier alpha value is -3.02. The number of carbonyl (C=O) groups is 1. The second-order valence-electron chi connectivity index (χ2n) is 7.94. The Morgan fingerprint density at radius 3 is 2.25 bits per heavy atom. The molecule has 0 aliphatic carbocycles. The number of amides is 1. The number of guanidine groups is 1. The van der Waals surface area contributed by atoms with E-state index in [4.69, 9.17) is 16.3 Å². The molecule has 0 aromatic heterocycles. The predicted molar refractivity (Wildman–Crippen MR) is 133 cm³/mol. The molecule has 3 atom stereocenters. The lowest BCUT2D eigenvalue weighted by atomic mass is 10.0. The number of rotatable bonds is 11. The molecule has 0 heterocycles. The highest BCUT2D eigenvalue weighted by Crippen LogP contribution is 2.29.